The van der Waals surface area contributed by atoms with Crippen LogP contribution < -0.4 is 0 Å². The fourth-order valence-corrected chi connectivity index (χ4v) is 1.63. The number of nitrogens with zero attached hydrogens (tertiary/aromatic N) is 1. The van der Waals surface area contributed by atoms with Crippen molar-refractivity contribution < 1.29 is 9.50 Å². The Morgan fingerprint density at radius 3 is 2.62 bits per heavy atom. The van der Waals surface area contributed by atoms with Gasteiger partial charge in [0.1, 0.15) is 5.82 Å². The van der Waals surface area contributed by atoms with E-state index in [1.54, 1.807) is 18.3 Å². The highest BCUT2D eigenvalue weighted by Gasteiger charge is 2.03. The first-order valence-corrected chi connectivity index (χ1v) is 5.03. The Labute approximate surface area is 93.4 Å². The van der Waals surface area contributed by atoms with E-state index in [-0.39, 0.29) is 12.4 Å². The van der Waals surface area contributed by atoms with E-state index in [0.29, 0.717) is 5.69 Å². The summed E-state index contributed by atoms with van der Waals surface area (Å²) in [6, 6.07) is 8.30. The minimum Gasteiger partial charge on any atom is -0.390 e. The molecule has 1 aromatic carbocycles. The second-order valence-electron chi connectivity index (χ2n) is 3.66. The molecule has 2 aromatic rings. The first kappa shape index (κ1) is 10.8. The van der Waals surface area contributed by atoms with Crippen LogP contribution in [0.4, 0.5) is 4.39 Å². The van der Waals surface area contributed by atoms with Crippen LogP contribution in [0, 0.1) is 12.7 Å². The minimum atomic E-state index is -0.235. The molecule has 1 N–H and O–H groups in total. The van der Waals surface area contributed by atoms with Gasteiger partial charge in [0.25, 0.3) is 0 Å². The van der Waals surface area contributed by atoms with Crippen LogP contribution in [-0.2, 0) is 6.61 Å². The van der Waals surface area contributed by atoms with Gasteiger partial charge in [-0.25, -0.2) is 4.39 Å². The van der Waals surface area contributed by atoms with Crippen molar-refractivity contribution in [1.82, 2.24) is 4.98 Å². The average molecular weight is 217 g/mol. The van der Waals surface area contributed by atoms with Crippen molar-refractivity contribution >= 4 is 0 Å². The Hall–Kier alpha value is -1.74. The normalized spacial score (nSPS) is 10.4. The number of hydrogen-bond donors (Lipinski definition) is 1. The van der Waals surface area contributed by atoms with Crippen LogP contribution in [0.5, 0.6) is 0 Å². The number of aryl methyl sites for hydroxylation is 1. The lowest BCUT2D eigenvalue weighted by molar-refractivity contribution is 0.277. The van der Waals surface area contributed by atoms with Crippen molar-refractivity contribution in [2.24, 2.45) is 0 Å². The highest BCUT2D eigenvalue weighted by Crippen LogP contribution is 2.23. The van der Waals surface area contributed by atoms with Crippen LogP contribution in [-0.4, -0.2) is 10.1 Å². The lowest BCUT2D eigenvalue weighted by atomic mass is 10.0. The third-order valence-corrected chi connectivity index (χ3v) is 2.49. The Kier molecular flexibility index (Phi) is 2.97. The molecule has 0 aliphatic carbocycles. The number of halogens is 1. The Morgan fingerprint density at radius 2 is 2.06 bits per heavy atom. The molecule has 1 heterocycles. The van der Waals surface area contributed by atoms with Crippen molar-refractivity contribution in [3.8, 4) is 11.1 Å². The summed E-state index contributed by atoms with van der Waals surface area (Å²) in [5.74, 6) is -0.235. The molecule has 16 heavy (non-hydrogen) atoms. The largest absolute Gasteiger partial charge is 0.390 e. The summed E-state index contributed by atoms with van der Waals surface area (Å²) in [4.78, 5) is 4.09. The van der Waals surface area contributed by atoms with Crippen LogP contribution >= 0.6 is 0 Å². The highest BCUT2D eigenvalue weighted by molar-refractivity contribution is 5.66. The fourth-order valence-electron chi connectivity index (χ4n) is 1.63. The van der Waals surface area contributed by atoms with E-state index in [2.05, 4.69) is 4.98 Å². The van der Waals surface area contributed by atoms with E-state index in [1.807, 2.05) is 13.0 Å². The van der Waals surface area contributed by atoms with E-state index in [9.17, 15) is 4.39 Å². The number of rotatable bonds is 2. The van der Waals surface area contributed by atoms with E-state index < -0.39 is 0 Å². The van der Waals surface area contributed by atoms with Gasteiger partial charge in [0.2, 0.25) is 0 Å². The van der Waals surface area contributed by atoms with Gasteiger partial charge in [0.05, 0.1) is 12.3 Å². The van der Waals surface area contributed by atoms with Gasteiger partial charge in [-0.05, 0) is 36.2 Å². The van der Waals surface area contributed by atoms with E-state index in [4.69, 9.17) is 5.11 Å². The van der Waals surface area contributed by atoms with Gasteiger partial charge >= 0.3 is 0 Å². The molecule has 0 radical (unpaired) electrons. The topological polar surface area (TPSA) is 33.1 Å². The summed E-state index contributed by atoms with van der Waals surface area (Å²) in [6.45, 7) is 1.79. The van der Waals surface area contributed by atoms with Gasteiger partial charge in [-0.2, -0.15) is 0 Å². The first-order valence-electron chi connectivity index (χ1n) is 5.03. The summed E-state index contributed by atoms with van der Waals surface area (Å²) in [6.07, 6.45) is 1.69. The molecule has 0 atom stereocenters. The lowest BCUT2D eigenvalue weighted by Crippen LogP contribution is -1.90. The van der Waals surface area contributed by atoms with E-state index in [1.165, 1.54) is 12.1 Å². The van der Waals surface area contributed by atoms with Gasteiger partial charge in [-0.3, -0.25) is 4.98 Å². The molecule has 0 saturated carbocycles. The molecule has 0 bridgehead atoms. The second-order valence-corrected chi connectivity index (χ2v) is 3.66. The standard InChI is InChI=1S/C13H12FNO/c1-9-6-11(14)3-5-13(9)10-2-4-12(8-16)15-7-10/h2-7,16H,8H2,1H3. The molecule has 2 rings (SSSR count). The third kappa shape index (κ3) is 2.09. The summed E-state index contributed by atoms with van der Waals surface area (Å²) in [5, 5.41) is 8.88. The van der Waals surface area contributed by atoms with E-state index >= 15 is 0 Å². The number of hydrogen-bond acceptors (Lipinski definition) is 2. The molecule has 3 heteroatoms. The number of aliphatic hydroxyl groups is 1. The maximum absolute atomic E-state index is 12.9. The average Bonchev–Trinajstić information content (AvgIpc) is 2.29. The Balaban J connectivity index is 2.42. The predicted molar refractivity (Wildman–Crippen MR) is 60.3 cm³/mol. The molecule has 0 aliphatic heterocycles. The maximum Gasteiger partial charge on any atom is 0.123 e. The highest BCUT2D eigenvalue weighted by atomic mass is 19.1. The van der Waals surface area contributed by atoms with Crippen LogP contribution in [0.25, 0.3) is 11.1 Å². The molecule has 0 saturated heterocycles. The van der Waals surface area contributed by atoms with Crippen molar-refractivity contribution in [2.75, 3.05) is 0 Å². The third-order valence-electron chi connectivity index (χ3n) is 2.49. The summed E-state index contributed by atoms with van der Waals surface area (Å²) in [7, 11) is 0. The number of aromatic nitrogens is 1. The molecule has 0 aliphatic rings. The van der Waals surface area contributed by atoms with Crippen molar-refractivity contribution in [1.29, 1.82) is 0 Å². The molecular formula is C13H12FNO. The number of benzene rings is 1. The fraction of sp³-hybridized carbons (Fsp3) is 0.154. The van der Waals surface area contributed by atoms with Gasteiger partial charge in [-0.15, -0.1) is 0 Å². The Morgan fingerprint density at radius 1 is 1.25 bits per heavy atom. The summed E-state index contributed by atoms with van der Waals surface area (Å²) >= 11 is 0. The first-order chi connectivity index (χ1) is 7.70. The monoisotopic (exact) mass is 217 g/mol. The van der Waals surface area contributed by atoms with Crippen molar-refractivity contribution in [3.05, 3.63) is 53.6 Å². The zero-order chi connectivity index (χ0) is 11.5. The van der Waals surface area contributed by atoms with Crippen molar-refractivity contribution in [2.45, 2.75) is 13.5 Å². The van der Waals surface area contributed by atoms with Crippen molar-refractivity contribution in [3.63, 3.8) is 0 Å². The summed E-state index contributed by atoms with van der Waals surface area (Å²) in [5.41, 5.74) is 3.38. The molecule has 0 amide bonds. The Bertz CT molecular complexity index is 494. The minimum absolute atomic E-state index is 0.0668. The smallest absolute Gasteiger partial charge is 0.123 e. The molecule has 0 unspecified atom stereocenters. The van der Waals surface area contributed by atoms with Gasteiger partial charge in [0, 0.05) is 11.8 Å². The van der Waals surface area contributed by atoms with Gasteiger partial charge in [-0.1, -0.05) is 12.1 Å². The molecule has 2 nitrogen and oxygen atoms in total. The molecular weight excluding hydrogens is 205 g/mol. The maximum atomic E-state index is 12.9. The SMILES string of the molecule is Cc1cc(F)ccc1-c1ccc(CO)nc1. The molecule has 82 valence electrons. The molecule has 1 aromatic heterocycles. The van der Waals surface area contributed by atoms with Crippen LogP contribution in [0.3, 0.4) is 0 Å². The van der Waals surface area contributed by atoms with Crippen LogP contribution in [0.1, 0.15) is 11.3 Å². The predicted octanol–water partition coefficient (Wildman–Crippen LogP) is 2.69. The number of aliphatic hydroxyl groups excluding tert-OH is 1. The second kappa shape index (κ2) is 4.41. The van der Waals surface area contributed by atoms with Crippen LogP contribution in [0.15, 0.2) is 36.5 Å². The number of pyridine rings is 1. The zero-order valence-electron chi connectivity index (χ0n) is 8.94. The van der Waals surface area contributed by atoms with E-state index in [0.717, 1.165) is 16.7 Å². The molecule has 0 spiro atoms. The van der Waals surface area contributed by atoms with Gasteiger partial charge < -0.3 is 5.11 Å². The zero-order valence-corrected chi connectivity index (χ0v) is 8.94. The van der Waals surface area contributed by atoms with Crippen LogP contribution in [0.2, 0.25) is 0 Å². The summed E-state index contributed by atoms with van der Waals surface area (Å²) < 4.78 is 12.9. The lowest BCUT2D eigenvalue weighted by Gasteiger charge is -2.06. The van der Waals surface area contributed by atoms with Gasteiger partial charge in [0.15, 0.2) is 0 Å². The molecule has 0 fully saturated rings. The quantitative estimate of drug-likeness (QED) is 0.839.